The summed E-state index contributed by atoms with van der Waals surface area (Å²) in [5.74, 6) is 0. The lowest BCUT2D eigenvalue weighted by Gasteiger charge is -2.05. The Kier molecular flexibility index (Phi) is 4.13. The van der Waals surface area contributed by atoms with Gasteiger partial charge in [0.15, 0.2) is 0 Å². The molecule has 6 nitrogen and oxygen atoms in total. The Morgan fingerprint density at radius 1 is 1.04 bits per heavy atom. The minimum absolute atomic E-state index is 0.104. The minimum atomic E-state index is -4.15. The Labute approximate surface area is 142 Å². The number of hydrogen-bond acceptors (Lipinski definition) is 6. The number of fused-ring (bicyclic) bond motifs is 1. The van der Waals surface area contributed by atoms with Gasteiger partial charge >= 0.3 is 0 Å². The fourth-order valence-corrected chi connectivity index (χ4v) is 6.13. The van der Waals surface area contributed by atoms with E-state index < -0.39 is 19.8 Å². The number of rotatable bonds is 3. The monoisotopic (exact) mass is 387 g/mol. The Hall–Kier alpha value is -1.55. The standard InChI is InChI=1S/C13H10ClN3O3S3/c1-22(18,10-7-5-9(14)6-8-10)17-23(19,20)12-4-2-3-11-13(12)16-21-15-11/h2-8H,1H3/t22-/m1/s1. The van der Waals surface area contributed by atoms with Crippen LogP contribution < -0.4 is 0 Å². The highest BCUT2D eigenvalue weighted by molar-refractivity contribution is 8.03. The predicted octanol–water partition coefficient (Wildman–Crippen LogP) is 3.19. The molecule has 0 radical (unpaired) electrons. The quantitative estimate of drug-likeness (QED) is 0.688. The van der Waals surface area contributed by atoms with Gasteiger partial charge in [-0.2, -0.15) is 17.2 Å². The molecule has 3 rings (SSSR count). The molecule has 1 atom stereocenters. The maximum Gasteiger partial charge on any atom is 0.292 e. The summed E-state index contributed by atoms with van der Waals surface area (Å²) >= 11 is 6.69. The molecule has 0 fully saturated rings. The second-order valence-corrected chi connectivity index (χ2v) is 9.72. The topological polar surface area (TPSA) is 89.4 Å². The number of hydrogen-bond donors (Lipinski definition) is 0. The van der Waals surface area contributed by atoms with E-state index >= 15 is 0 Å². The first kappa shape index (κ1) is 16.3. The van der Waals surface area contributed by atoms with E-state index in [1.165, 1.54) is 36.6 Å². The summed E-state index contributed by atoms with van der Waals surface area (Å²) in [6, 6.07) is 10.6. The summed E-state index contributed by atoms with van der Waals surface area (Å²) < 4.78 is 49.5. The van der Waals surface area contributed by atoms with Crippen LogP contribution in [0.4, 0.5) is 0 Å². The molecule has 2 aromatic carbocycles. The van der Waals surface area contributed by atoms with Crippen LogP contribution in [0.15, 0.2) is 56.0 Å². The van der Waals surface area contributed by atoms with E-state index in [-0.39, 0.29) is 15.3 Å². The highest BCUT2D eigenvalue weighted by Crippen LogP contribution is 2.25. The van der Waals surface area contributed by atoms with E-state index in [9.17, 15) is 12.6 Å². The Morgan fingerprint density at radius 2 is 1.74 bits per heavy atom. The van der Waals surface area contributed by atoms with E-state index in [1.54, 1.807) is 12.1 Å². The van der Waals surface area contributed by atoms with Crippen molar-refractivity contribution >= 4 is 54.1 Å². The summed E-state index contributed by atoms with van der Waals surface area (Å²) in [6.45, 7) is 0. The summed E-state index contributed by atoms with van der Waals surface area (Å²) in [7, 11) is -7.30. The Bertz CT molecular complexity index is 1100. The lowest BCUT2D eigenvalue weighted by molar-refractivity contribution is 0.598. The molecule has 0 amide bonds. The van der Waals surface area contributed by atoms with E-state index in [0.29, 0.717) is 10.5 Å². The molecule has 3 aromatic rings. The van der Waals surface area contributed by atoms with Gasteiger partial charge in [-0.25, -0.2) is 4.21 Å². The van der Waals surface area contributed by atoms with Crippen LogP contribution in [-0.2, 0) is 19.8 Å². The molecule has 0 unspecified atom stereocenters. The van der Waals surface area contributed by atoms with Gasteiger partial charge in [0.1, 0.15) is 15.9 Å². The molecule has 0 aliphatic carbocycles. The molecule has 10 heteroatoms. The summed E-state index contributed by atoms with van der Waals surface area (Å²) in [5.41, 5.74) is 0.688. The molecular weight excluding hydrogens is 378 g/mol. The number of benzene rings is 2. The molecule has 0 aliphatic rings. The first-order valence-corrected chi connectivity index (χ1v) is 10.7. The minimum Gasteiger partial charge on any atom is -0.244 e. The van der Waals surface area contributed by atoms with Crippen LogP contribution in [0.5, 0.6) is 0 Å². The van der Waals surface area contributed by atoms with Gasteiger partial charge in [-0.1, -0.05) is 17.7 Å². The maximum atomic E-state index is 12.7. The second-order valence-electron chi connectivity index (χ2n) is 4.69. The largest absolute Gasteiger partial charge is 0.292 e. The number of nitrogens with zero attached hydrogens (tertiary/aromatic N) is 3. The van der Waals surface area contributed by atoms with Crippen LogP contribution in [0.25, 0.3) is 11.0 Å². The third-order valence-corrected chi connectivity index (χ3v) is 7.77. The third kappa shape index (κ3) is 3.23. The van der Waals surface area contributed by atoms with E-state index in [1.807, 2.05) is 0 Å². The van der Waals surface area contributed by atoms with Crippen molar-refractivity contribution < 1.29 is 12.6 Å². The van der Waals surface area contributed by atoms with Crippen molar-refractivity contribution in [3.8, 4) is 0 Å². The van der Waals surface area contributed by atoms with Crippen molar-refractivity contribution in [2.24, 2.45) is 3.77 Å². The molecule has 1 aromatic heterocycles. The van der Waals surface area contributed by atoms with Crippen LogP contribution in [0.2, 0.25) is 5.02 Å². The maximum absolute atomic E-state index is 12.7. The van der Waals surface area contributed by atoms with Crippen LogP contribution >= 0.6 is 23.3 Å². The summed E-state index contributed by atoms with van der Waals surface area (Å²) in [6.07, 6.45) is 1.27. The van der Waals surface area contributed by atoms with Gasteiger partial charge in [0, 0.05) is 16.2 Å². The number of halogens is 1. The van der Waals surface area contributed by atoms with Crippen molar-refractivity contribution in [3.05, 3.63) is 47.5 Å². The first-order valence-electron chi connectivity index (χ1n) is 6.25. The average Bonchev–Trinajstić information content (AvgIpc) is 2.94. The van der Waals surface area contributed by atoms with Crippen LogP contribution in [0.3, 0.4) is 0 Å². The molecule has 1 heterocycles. The lowest BCUT2D eigenvalue weighted by atomic mass is 10.3. The fraction of sp³-hybridized carbons (Fsp3) is 0.0769. The highest BCUT2D eigenvalue weighted by atomic mass is 35.5. The van der Waals surface area contributed by atoms with Crippen molar-refractivity contribution in [3.63, 3.8) is 0 Å². The second kappa shape index (κ2) is 5.82. The highest BCUT2D eigenvalue weighted by Gasteiger charge is 2.21. The third-order valence-electron chi connectivity index (χ3n) is 3.02. The van der Waals surface area contributed by atoms with Gasteiger partial charge in [0.25, 0.3) is 10.0 Å². The average molecular weight is 388 g/mol. The molecule has 120 valence electrons. The van der Waals surface area contributed by atoms with Crippen LogP contribution in [0, 0.1) is 0 Å². The van der Waals surface area contributed by atoms with Gasteiger partial charge in [-0.15, -0.1) is 3.77 Å². The van der Waals surface area contributed by atoms with E-state index in [4.69, 9.17) is 11.6 Å². The zero-order valence-electron chi connectivity index (χ0n) is 11.7. The van der Waals surface area contributed by atoms with Crippen LogP contribution in [0.1, 0.15) is 0 Å². The zero-order valence-corrected chi connectivity index (χ0v) is 14.9. The first-order chi connectivity index (χ1) is 10.8. The Balaban J connectivity index is 2.18. The SMILES string of the molecule is C[S@](=O)(=NS(=O)(=O)c1cccc2nsnc12)c1ccc(Cl)cc1. The molecule has 23 heavy (non-hydrogen) atoms. The summed E-state index contributed by atoms with van der Waals surface area (Å²) in [4.78, 5) is 0.182. The normalized spacial score (nSPS) is 14.5. The van der Waals surface area contributed by atoms with Gasteiger partial charge in [0.05, 0.1) is 21.5 Å². The predicted molar refractivity (Wildman–Crippen MR) is 90.8 cm³/mol. The molecule has 0 spiro atoms. The van der Waals surface area contributed by atoms with Gasteiger partial charge in [-0.3, -0.25) is 0 Å². The Morgan fingerprint density at radius 3 is 2.43 bits per heavy atom. The molecule has 0 saturated carbocycles. The van der Waals surface area contributed by atoms with Crippen molar-refractivity contribution in [2.75, 3.05) is 6.26 Å². The van der Waals surface area contributed by atoms with Gasteiger partial charge in [-0.05, 0) is 36.4 Å². The van der Waals surface area contributed by atoms with Crippen molar-refractivity contribution in [1.82, 2.24) is 8.75 Å². The zero-order chi connectivity index (χ0) is 16.7. The molecular formula is C13H10ClN3O3S3. The molecule has 0 bridgehead atoms. The van der Waals surface area contributed by atoms with Crippen LogP contribution in [-0.4, -0.2) is 27.6 Å². The molecule has 0 aliphatic heterocycles. The smallest absolute Gasteiger partial charge is 0.244 e. The van der Waals surface area contributed by atoms with Crippen molar-refractivity contribution in [2.45, 2.75) is 9.79 Å². The summed E-state index contributed by atoms with van der Waals surface area (Å²) in [5, 5.41) is 0.463. The van der Waals surface area contributed by atoms with Gasteiger partial charge < -0.3 is 0 Å². The van der Waals surface area contributed by atoms with Crippen molar-refractivity contribution in [1.29, 1.82) is 0 Å². The fourth-order valence-electron chi connectivity index (χ4n) is 1.95. The van der Waals surface area contributed by atoms with E-state index in [0.717, 1.165) is 11.7 Å². The lowest BCUT2D eigenvalue weighted by Crippen LogP contribution is -2.05. The van der Waals surface area contributed by atoms with Gasteiger partial charge in [0.2, 0.25) is 0 Å². The number of aromatic nitrogens is 2. The number of sulfonamides is 1. The van der Waals surface area contributed by atoms with E-state index in [2.05, 4.69) is 12.5 Å². The molecule has 0 saturated heterocycles. The molecule has 0 N–H and O–H groups in total.